The molecule has 0 spiro atoms. The number of rotatable bonds is 3. The summed E-state index contributed by atoms with van der Waals surface area (Å²) in [7, 11) is 1.50. The fourth-order valence-electron chi connectivity index (χ4n) is 1.92. The number of hydrogen-bond donors (Lipinski definition) is 1. The van der Waals surface area contributed by atoms with Crippen LogP contribution in [0.15, 0.2) is 24.3 Å². The van der Waals surface area contributed by atoms with Crippen LogP contribution in [0.5, 0.6) is 11.5 Å². The smallest absolute Gasteiger partial charge is 0.267 e. The van der Waals surface area contributed by atoms with Gasteiger partial charge in [0.05, 0.1) is 6.54 Å². The highest BCUT2D eigenvalue weighted by atomic mass is 16.6. The fraction of sp³-hybridized carbons (Fsp3) is 0.385. The summed E-state index contributed by atoms with van der Waals surface area (Å²) < 4.78 is 11.3. The first-order chi connectivity index (χ1) is 8.99. The third kappa shape index (κ3) is 2.78. The zero-order valence-corrected chi connectivity index (χ0v) is 10.8. The van der Waals surface area contributed by atoms with Gasteiger partial charge in [-0.1, -0.05) is 12.1 Å². The van der Waals surface area contributed by atoms with Crippen molar-refractivity contribution in [3.63, 3.8) is 0 Å². The number of fused-ring (bicyclic) bond motifs is 1. The van der Waals surface area contributed by atoms with Gasteiger partial charge in [-0.25, -0.2) is 0 Å². The molecule has 0 aromatic heterocycles. The molecule has 0 saturated carbocycles. The fourth-order valence-corrected chi connectivity index (χ4v) is 1.92. The molecular formula is C13H16N2O4. The molecule has 0 radical (unpaired) electrons. The lowest BCUT2D eigenvalue weighted by Gasteiger charge is -2.33. The van der Waals surface area contributed by atoms with Crippen molar-refractivity contribution in [2.75, 3.05) is 13.6 Å². The van der Waals surface area contributed by atoms with Crippen LogP contribution in [0, 0.1) is 0 Å². The summed E-state index contributed by atoms with van der Waals surface area (Å²) in [6.07, 6.45) is -1.21. The van der Waals surface area contributed by atoms with Gasteiger partial charge in [0.25, 0.3) is 5.91 Å². The highest BCUT2D eigenvalue weighted by Crippen LogP contribution is 2.33. The second-order valence-electron chi connectivity index (χ2n) is 4.47. The van der Waals surface area contributed by atoms with Crippen LogP contribution in [0.3, 0.4) is 0 Å². The van der Waals surface area contributed by atoms with Gasteiger partial charge in [-0.15, -0.1) is 0 Å². The molecule has 1 heterocycles. The monoisotopic (exact) mass is 264 g/mol. The first kappa shape index (κ1) is 13.2. The topological polar surface area (TPSA) is 81.9 Å². The number of hydrogen-bond acceptors (Lipinski definition) is 4. The van der Waals surface area contributed by atoms with Crippen molar-refractivity contribution in [1.29, 1.82) is 0 Å². The Kier molecular flexibility index (Phi) is 3.59. The molecular weight excluding hydrogens is 248 g/mol. The Bertz CT molecular complexity index is 503. The molecule has 0 aliphatic carbocycles. The van der Waals surface area contributed by atoms with Crippen molar-refractivity contribution in [1.82, 2.24) is 4.90 Å². The molecule has 1 aromatic carbocycles. The number of ether oxygens (including phenoxy) is 2. The number of benzene rings is 1. The largest absolute Gasteiger partial charge is 0.482 e. The van der Waals surface area contributed by atoms with Crippen LogP contribution in [0.1, 0.15) is 6.92 Å². The van der Waals surface area contributed by atoms with E-state index >= 15 is 0 Å². The number of nitrogens with zero attached hydrogens (tertiary/aromatic N) is 1. The van der Waals surface area contributed by atoms with Crippen molar-refractivity contribution in [3.05, 3.63) is 24.3 Å². The van der Waals surface area contributed by atoms with Crippen LogP contribution >= 0.6 is 0 Å². The number of carbonyl (C=O) groups excluding carboxylic acids is 2. The molecule has 1 aliphatic rings. The molecule has 2 atom stereocenters. The summed E-state index contributed by atoms with van der Waals surface area (Å²) in [4.78, 5) is 24.2. The number of amides is 2. The van der Waals surface area contributed by atoms with E-state index < -0.39 is 18.1 Å². The van der Waals surface area contributed by atoms with E-state index in [-0.39, 0.29) is 12.5 Å². The van der Waals surface area contributed by atoms with Gasteiger partial charge < -0.3 is 20.1 Å². The SMILES string of the molecule is C[C@@H]1Oc2ccccc2O[C@@H]1C(=O)N(C)CC(N)=O. The van der Waals surface area contributed by atoms with Crippen molar-refractivity contribution in [2.45, 2.75) is 19.1 Å². The summed E-state index contributed by atoms with van der Waals surface area (Å²) in [6, 6.07) is 7.14. The van der Waals surface area contributed by atoms with Gasteiger partial charge in [0.15, 0.2) is 11.5 Å². The van der Waals surface area contributed by atoms with E-state index in [4.69, 9.17) is 15.2 Å². The van der Waals surface area contributed by atoms with Gasteiger partial charge in [-0.3, -0.25) is 9.59 Å². The zero-order chi connectivity index (χ0) is 14.0. The summed E-state index contributed by atoms with van der Waals surface area (Å²) in [5.41, 5.74) is 5.07. The third-order valence-corrected chi connectivity index (χ3v) is 2.85. The molecule has 0 bridgehead atoms. The van der Waals surface area contributed by atoms with Gasteiger partial charge in [-0.2, -0.15) is 0 Å². The molecule has 1 aromatic rings. The molecule has 1 aliphatic heterocycles. The van der Waals surface area contributed by atoms with Gasteiger partial charge in [0, 0.05) is 7.05 Å². The summed E-state index contributed by atoms with van der Waals surface area (Å²) in [5.74, 6) is 0.226. The minimum Gasteiger partial charge on any atom is -0.482 e. The third-order valence-electron chi connectivity index (χ3n) is 2.85. The molecule has 102 valence electrons. The molecule has 6 heteroatoms. The van der Waals surface area contributed by atoms with Crippen molar-refractivity contribution >= 4 is 11.8 Å². The maximum absolute atomic E-state index is 12.2. The van der Waals surface area contributed by atoms with Crippen LogP contribution in [0.4, 0.5) is 0 Å². The van der Waals surface area contributed by atoms with E-state index in [1.54, 1.807) is 25.1 Å². The Labute approximate surface area is 111 Å². The van der Waals surface area contributed by atoms with E-state index in [0.29, 0.717) is 11.5 Å². The van der Waals surface area contributed by atoms with E-state index in [2.05, 4.69) is 0 Å². The van der Waals surface area contributed by atoms with Crippen molar-refractivity contribution < 1.29 is 19.1 Å². The van der Waals surface area contributed by atoms with Crippen molar-refractivity contribution in [3.8, 4) is 11.5 Å². The van der Waals surface area contributed by atoms with Crippen LogP contribution in [-0.2, 0) is 9.59 Å². The average Bonchev–Trinajstić information content (AvgIpc) is 2.36. The first-order valence-electron chi connectivity index (χ1n) is 5.94. The molecule has 19 heavy (non-hydrogen) atoms. The molecule has 0 unspecified atom stereocenters. The normalized spacial score (nSPS) is 20.7. The zero-order valence-electron chi connectivity index (χ0n) is 10.8. The minimum absolute atomic E-state index is 0.146. The Morgan fingerprint density at radius 1 is 1.26 bits per heavy atom. The van der Waals surface area contributed by atoms with Crippen LogP contribution in [0.25, 0.3) is 0 Å². The van der Waals surface area contributed by atoms with E-state index in [1.807, 2.05) is 6.07 Å². The van der Waals surface area contributed by atoms with Crippen LogP contribution in [-0.4, -0.2) is 42.5 Å². The molecule has 0 fully saturated rings. The summed E-state index contributed by atoms with van der Waals surface area (Å²) in [6.45, 7) is 1.60. The lowest BCUT2D eigenvalue weighted by atomic mass is 10.1. The molecule has 6 nitrogen and oxygen atoms in total. The number of para-hydroxylation sites is 2. The minimum atomic E-state index is -0.778. The van der Waals surface area contributed by atoms with E-state index in [1.165, 1.54) is 11.9 Å². The maximum atomic E-state index is 12.2. The van der Waals surface area contributed by atoms with Crippen LogP contribution in [0.2, 0.25) is 0 Å². The van der Waals surface area contributed by atoms with Gasteiger partial charge in [0.1, 0.15) is 6.10 Å². The van der Waals surface area contributed by atoms with Gasteiger partial charge in [0.2, 0.25) is 12.0 Å². The highest BCUT2D eigenvalue weighted by Gasteiger charge is 2.35. The molecule has 2 N–H and O–H groups in total. The lowest BCUT2D eigenvalue weighted by Crippen LogP contribution is -2.51. The lowest BCUT2D eigenvalue weighted by molar-refractivity contribution is -0.145. The Morgan fingerprint density at radius 3 is 2.42 bits per heavy atom. The van der Waals surface area contributed by atoms with E-state index in [0.717, 1.165) is 0 Å². The van der Waals surface area contributed by atoms with Crippen molar-refractivity contribution in [2.24, 2.45) is 5.73 Å². The molecule has 2 amide bonds. The second-order valence-corrected chi connectivity index (χ2v) is 4.47. The molecule has 2 rings (SSSR count). The average molecular weight is 264 g/mol. The number of carbonyl (C=O) groups is 2. The quantitative estimate of drug-likeness (QED) is 0.843. The number of primary amides is 1. The Hall–Kier alpha value is -2.24. The molecule has 0 saturated heterocycles. The number of likely N-dealkylation sites (N-methyl/N-ethyl adjacent to an activating group) is 1. The van der Waals surface area contributed by atoms with Gasteiger partial charge in [-0.05, 0) is 19.1 Å². The summed E-state index contributed by atoms with van der Waals surface area (Å²) in [5, 5.41) is 0. The Balaban J connectivity index is 2.14. The first-order valence-corrected chi connectivity index (χ1v) is 5.94. The second kappa shape index (κ2) is 5.17. The standard InChI is InChI=1S/C13H16N2O4/c1-8-12(13(17)15(2)7-11(14)16)19-10-6-4-3-5-9(10)18-8/h3-6,8,12H,7H2,1-2H3,(H2,14,16)/t8-,12-/m0/s1. The van der Waals surface area contributed by atoms with E-state index in [9.17, 15) is 9.59 Å². The number of nitrogens with two attached hydrogens (primary N) is 1. The summed E-state index contributed by atoms with van der Waals surface area (Å²) >= 11 is 0. The van der Waals surface area contributed by atoms with Gasteiger partial charge >= 0.3 is 0 Å². The predicted octanol–water partition coefficient (Wildman–Crippen LogP) is 0.159. The predicted molar refractivity (Wildman–Crippen MR) is 67.8 cm³/mol. The Morgan fingerprint density at radius 2 is 1.84 bits per heavy atom. The highest BCUT2D eigenvalue weighted by molar-refractivity contribution is 5.87. The maximum Gasteiger partial charge on any atom is 0.267 e. The van der Waals surface area contributed by atoms with Crippen LogP contribution < -0.4 is 15.2 Å².